The standard InChI is InChI=1S/C14H21N3O/c1-9-13(14(17(2)3)11(15)8-18)10-6-4-5-7-12(10)16-9/h4-7,11,14,16,18H,8,15H2,1-3H3. The molecule has 1 aromatic heterocycles. The fraction of sp³-hybridized carbons (Fsp3) is 0.429. The molecule has 98 valence electrons. The van der Waals surface area contributed by atoms with E-state index in [1.807, 2.05) is 26.2 Å². The average Bonchev–Trinajstić information content (AvgIpc) is 2.66. The Morgan fingerprint density at radius 3 is 2.61 bits per heavy atom. The highest BCUT2D eigenvalue weighted by molar-refractivity contribution is 5.85. The normalized spacial score (nSPS) is 15.2. The number of aromatic amines is 1. The summed E-state index contributed by atoms with van der Waals surface area (Å²) in [4.78, 5) is 5.44. The van der Waals surface area contributed by atoms with Gasteiger partial charge in [-0.25, -0.2) is 0 Å². The van der Waals surface area contributed by atoms with Crippen LogP contribution in [0.2, 0.25) is 0 Å². The predicted molar refractivity (Wildman–Crippen MR) is 74.5 cm³/mol. The molecule has 0 aliphatic heterocycles. The molecular formula is C14H21N3O. The van der Waals surface area contributed by atoms with E-state index in [0.29, 0.717) is 0 Å². The van der Waals surface area contributed by atoms with E-state index in [-0.39, 0.29) is 18.7 Å². The Morgan fingerprint density at radius 2 is 2.00 bits per heavy atom. The predicted octanol–water partition coefficient (Wildman–Crippen LogP) is 1.40. The van der Waals surface area contributed by atoms with Crippen molar-refractivity contribution >= 4 is 10.9 Å². The first-order valence-electron chi connectivity index (χ1n) is 6.16. The van der Waals surface area contributed by atoms with Gasteiger partial charge in [-0.2, -0.15) is 0 Å². The largest absolute Gasteiger partial charge is 0.395 e. The van der Waals surface area contributed by atoms with E-state index in [1.165, 1.54) is 10.9 Å². The van der Waals surface area contributed by atoms with Gasteiger partial charge in [-0.1, -0.05) is 18.2 Å². The van der Waals surface area contributed by atoms with Crippen molar-refractivity contribution in [2.24, 2.45) is 5.73 Å². The SMILES string of the molecule is Cc1[nH]c2ccccc2c1C(C(N)CO)N(C)C. The Morgan fingerprint density at radius 1 is 1.33 bits per heavy atom. The first-order valence-corrected chi connectivity index (χ1v) is 6.16. The molecule has 4 N–H and O–H groups in total. The lowest BCUT2D eigenvalue weighted by Gasteiger charge is -2.29. The van der Waals surface area contributed by atoms with Gasteiger partial charge in [0.25, 0.3) is 0 Å². The Kier molecular flexibility index (Phi) is 3.71. The van der Waals surface area contributed by atoms with Crippen LogP contribution in [0.1, 0.15) is 17.3 Å². The number of nitrogens with zero attached hydrogens (tertiary/aromatic N) is 1. The smallest absolute Gasteiger partial charge is 0.0601 e. The molecule has 0 saturated carbocycles. The van der Waals surface area contributed by atoms with Gasteiger partial charge in [0.15, 0.2) is 0 Å². The summed E-state index contributed by atoms with van der Waals surface area (Å²) in [7, 11) is 3.98. The zero-order chi connectivity index (χ0) is 13.3. The van der Waals surface area contributed by atoms with Crippen molar-refractivity contribution in [3.8, 4) is 0 Å². The maximum atomic E-state index is 9.35. The molecule has 2 rings (SSSR count). The highest BCUT2D eigenvalue weighted by atomic mass is 16.3. The molecule has 0 aliphatic carbocycles. The van der Waals surface area contributed by atoms with Gasteiger partial charge in [-0.05, 0) is 32.6 Å². The van der Waals surface area contributed by atoms with Crippen LogP contribution in [0.4, 0.5) is 0 Å². The van der Waals surface area contributed by atoms with Crippen LogP contribution < -0.4 is 5.73 Å². The van der Waals surface area contributed by atoms with Crippen molar-refractivity contribution < 1.29 is 5.11 Å². The van der Waals surface area contributed by atoms with E-state index < -0.39 is 0 Å². The third-order valence-electron chi connectivity index (χ3n) is 3.41. The van der Waals surface area contributed by atoms with E-state index >= 15 is 0 Å². The minimum absolute atomic E-state index is 0.00569. The minimum atomic E-state index is -0.294. The van der Waals surface area contributed by atoms with Crippen LogP contribution >= 0.6 is 0 Å². The van der Waals surface area contributed by atoms with Gasteiger partial charge in [0.1, 0.15) is 0 Å². The van der Waals surface area contributed by atoms with Crippen molar-refractivity contribution in [1.29, 1.82) is 0 Å². The first kappa shape index (κ1) is 13.1. The van der Waals surface area contributed by atoms with E-state index in [2.05, 4.69) is 28.9 Å². The lowest BCUT2D eigenvalue weighted by Crippen LogP contribution is -2.40. The fourth-order valence-corrected chi connectivity index (χ4v) is 2.63. The average molecular weight is 247 g/mol. The van der Waals surface area contributed by atoms with Gasteiger partial charge >= 0.3 is 0 Å². The fourth-order valence-electron chi connectivity index (χ4n) is 2.63. The maximum Gasteiger partial charge on any atom is 0.0601 e. The molecule has 4 nitrogen and oxygen atoms in total. The third-order valence-corrected chi connectivity index (χ3v) is 3.41. The number of aliphatic hydroxyl groups excluding tert-OH is 1. The number of hydrogen-bond acceptors (Lipinski definition) is 3. The van der Waals surface area contributed by atoms with Gasteiger partial charge in [-0.3, -0.25) is 0 Å². The van der Waals surface area contributed by atoms with Gasteiger partial charge < -0.3 is 20.7 Å². The summed E-state index contributed by atoms with van der Waals surface area (Å²) in [6.45, 7) is 2.03. The Labute approximate surface area is 107 Å². The molecule has 0 bridgehead atoms. The lowest BCUT2D eigenvalue weighted by atomic mass is 9.96. The van der Waals surface area contributed by atoms with Crippen LogP contribution in [0.25, 0.3) is 10.9 Å². The number of para-hydroxylation sites is 1. The minimum Gasteiger partial charge on any atom is -0.395 e. The monoisotopic (exact) mass is 247 g/mol. The van der Waals surface area contributed by atoms with E-state index in [1.54, 1.807) is 0 Å². The van der Waals surface area contributed by atoms with Gasteiger partial charge in [0.2, 0.25) is 0 Å². The Hall–Kier alpha value is -1.36. The third kappa shape index (κ3) is 2.14. The quantitative estimate of drug-likeness (QED) is 0.765. The number of H-pyrrole nitrogens is 1. The topological polar surface area (TPSA) is 65.3 Å². The van der Waals surface area contributed by atoms with Crippen LogP contribution in [-0.2, 0) is 0 Å². The summed E-state index contributed by atoms with van der Waals surface area (Å²) >= 11 is 0. The molecule has 0 amide bonds. The van der Waals surface area contributed by atoms with E-state index in [4.69, 9.17) is 5.73 Å². The number of nitrogens with one attached hydrogen (secondary N) is 1. The molecule has 0 fully saturated rings. The molecule has 2 aromatic rings. The highest BCUT2D eigenvalue weighted by Crippen LogP contribution is 2.31. The molecule has 18 heavy (non-hydrogen) atoms. The molecule has 4 heteroatoms. The molecule has 0 radical (unpaired) electrons. The maximum absolute atomic E-state index is 9.35. The van der Waals surface area contributed by atoms with E-state index in [0.717, 1.165) is 11.2 Å². The number of benzene rings is 1. The summed E-state index contributed by atoms with van der Waals surface area (Å²) in [6, 6.07) is 7.90. The number of hydrogen-bond donors (Lipinski definition) is 3. The van der Waals surface area contributed by atoms with Gasteiger partial charge in [-0.15, -0.1) is 0 Å². The molecule has 1 aromatic carbocycles. The van der Waals surface area contributed by atoms with Crippen LogP contribution in [0.5, 0.6) is 0 Å². The Bertz CT molecular complexity index is 533. The molecule has 0 spiro atoms. The number of fused-ring (bicyclic) bond motifs is 1. The summed E-state index contributed by atoms with van der Waals surface area (Å²) in [6.07, 6.45) is 0. The summed E-state index contributed by atoms with van der Waals surface area (Å²) in [5.41, 5.74) is 9.46. The molecule has 2 atom stereocenters. The lowest BCUT2D eigenvalue weighted by molar-refractivity contribution is 0.182. The zero-order valence-electron chi connectivity index (χ0n) is 11.1. The van der Waals surface area contributed by atoms with Crippen molar-refractivity contribution in [2.45, 2.75) is 19.0 Å². The zero-order valence-corrected chi connectivity index (χ0v) is 11.1. The van der Waals surface area contributed by atoms with Gasteiger partial charge in [0.05, 0.1) is 12.6 Å². The van der Waals surface area contributed by atoms with Crippen LogP contribution in [0, 0.1) is 6.92 Å². The van der Waals surface area contributed by atoms with Crippen molar-refractivity contribution in [3.63, 3.8) is 0 Å². The first-order chi connectivity index (χ1) is 8.56. The second-order valence-electron chi connectivity index (χ2n) is 4.96. The molecular weight excluding hydrogens is 226 g/mol. The van der Waals surface area contributed by atoms with Crippen molar-refractivity contribution in [3.05, 3.63) is 35.5 Å². The van der Waals surface area contributed by atoms with Crippen LogP contribution in [-0.4, -0.2) is 41.7 Å². The summed E-state index contributed by atoms with van der Waals surface area (Å²) in [5, 5.41) is 10.5. The van der Waals surface area contributed by atoms with Crippen LogP contribution in [0.15, 0.2) is 24.3 Å². The number of likely N-dealkylation sites (N-methyl/N-ethyl adjacent to an activating group) is 1. The second-order valence-corrected chi connectivity index (χ2v) is 4.96. The van der Waals surface area contributed by atoms with Gasteiger partial charge in [0, 0.05) is 22.6 Å². The number of aromatic nitrogens is 1. The number of aliphatic hydroxyl groups is 1. The number of aryl methyl sites for hydroxylation is 1. The number of nitrogens with two attached hydrogens (primary N) is 1. The number of rotatable bonds is 4. The van der Waals surface area contributed by atoms with Crippen LogP contribution in [0.3, 0.4) is 0 Å². The second kappa shape index (κ2) is 5.10. The molecule has 0 saturated heterocycles. The molecule has 1 heterocycles. The molecule has 0 aliphatic rings. The summed E-state index contributed by atoms with van der Waals surface area (Å²) < 4.78 is 0. The van der Waals surface area contributed by atoms with Crippen molar-refractivity contribution in [2.75, 3.05) is 20.7 Å². The summed E-state index contributed by atoms with van der Waals surface area (Å²) in [5.74, 6) is 0. The Balaban J connectivity index is 2.60. The molecule has 2 unspecified atom stereocenters. The highest BCUT2D eigenvalue weighted by Gasteiger charge is 2.26. The van der Waals surface area contributed by atoms with Crippen molar-refractivity contribution in [1.82, 2.24) is 9.88 Å². The van der Waals surface area contributed by atoms with E-state index in [9.17, 15) is 5.11 Å².